The molecule has 0 bridgehead atoms. The summed E-state index contributed by atoms with van der Waals surface area (Å²) in [6.45, 7) is 8.44. The molecule has 1 saturated carbocycles. The van der Waals surface area contributed by atoms with Crippen LogP contribution in [-0.2, 0) is 0 Å². The van der Waals surface area contributed by atoms with Crippen molar-refractivity contribution >= 4 is 33.4 Å². The summed E-state index contributed by atoms with van der Waals surface area (Å²) in [5.41, 5.74) is 3.31. The Hall–Kier alpha value is -1.62. The van der Waals surface area contributed by atoms with Gasteiger partial charge < -0.3 is 10.6 Å². The lowest BCUT2D eigenvalue weighted by molar-refractivity contribution is 0.625. The lowest BCUT2D eigenvalue weighted by atomic mass is 10.1. The zero-order valence-electron chi connectivity index (χ0n) is 14.1. The Kier molecular flexibility index (Phi) is 4.32. The topological polar surface area (TPSA) is 49.8 Å². The minimum atomic E-state index is -0.0625. The maximum Gasteiger partial charge on any atom is 0.225 e. The van der Waals surface area contributed by atoms with Gasteiger partial charge in [-0.2, -0.15) is 4.98 Å². The fraction of sp³-hybridized carbons (Fsp3) is 0.444. The molecule has 0 spiro atoms. The van der Waals surface area contributed by atoms with Gasteiger partial charge in [0, 0.05) is 27.7 Å². The summed E-state index contributed by atoms with van der Waals surface area (Å²) < 4.78 is 1.08. The maximum absolute atomic E-state index is 4.69. The summed E-state index contributed by atoms with van der Waals surface area (Å²) in [4.78, 5) is 9.33. The number of rotatable bonds is 4. The van der Waals surface area contributed by atoms with Gasteiger partial charge >= 0.3 is 0 Å². The Bertz CT molecular complexity index is 717. The van der Waals surface area contributed by atoms with Gasteiger partial charge in [0.15, 0.2) is 0 Å². The van der Waals surface area contributed by atoms with E-state index in [9.17, 15) is 0 Å². The standard InChI is InChI=1S/C18H23BrN4/c1-11-9-13(19)7-8-14(11)20-16-10-15(12-5-6-12)21-17(22-16)23-18(2,3)4/h7-10,12H,5-6H2,1-4H3,(H2,20,21,22,23). The molecule has 1 fully saturated rings. The first-order chi connectivity index (χ1) is 10.8. The van der Waals surface area contributed by atoms with Crippen LogP contribution in [0.3, 0.4) is 0 Å². The molecular weight excluding hydrogens is 352 g/mol. The van der Waals surface area contributed by atoms with Crippen LogP contribution >= 0.6 is 15.9 Å². The van der Waals surface area contributed by atoms with Gasteiger partial charge in [-0.3, -0.25) is 0 Å². The van der Waals surface area contributed by atoms with Crippen molar-refractivity contribution in [3.05, 3.63) is 40.0 Å². The fourth-order valence-electron chi connectivity index (χ4n) is 2.41. The highest BCUT2D eigenvalue weighted by Gasteiger charge is 2.26. The molecule has 2 N–H and O–H groups in total. The van der Waals surface area contributed by atoms with Crippen molar-refractivity contribution in [3.63, 3.8) is 0 Å². The molecule has 0 atom stereocenters. The first-order valence-electron chi connectivity index (χ1n) is 8.00. The molecule has 3 rings (SSSR count). The summed E-state index contributed by atoms with van der Waals surface area (Å²) in [5, 5.41) is 6.82. The number of aryl methyl sites for hydroxylation is 1. The Morgan fingerprint density at radius 3 is 2.48 bits per heavy atom. The van der Waals surface area contributed by atoms with Crippen molar-refractivity contribution in [2.75, 3.05) is 10.6 Å². The predicted molar refractivity (Wildman–Crippen MR) is 99.5 cm³/mol. The Morgan fingerprint density at radius 2 is 1.87 bits per heavy atom. The second kappa shape index (κ2) is 6.11. The van der Waals surface area contributed by atoms with Crippen LogP contribution in [0.4, 0.5) is 17.5 Å². The summed E-state index contributed by atoms with van der Waals surface area (Å²) in [6, 6.07) is 8.27. The lowest BCUT2D eigenvalue weighted by Gasteiger charge is -2.21. The van der Waals surface area contributed by atoms with E-state index >= 15 is 0 Å². The van der Waals surface area contributed by atoms with Gasteiger partial charge in [-0.25, -0.2) is 4.98 Å². The van der Waals surface area contributed by atoms with Crippen LogP contribution in [0.25, 0.3) is 0 Å². The second-order valence-corrected chi connectivity index (χ2v) is 8.15. The van der Waals surface area contributed by atoms with Gasteiger partial charge in [-0.15, -0.1) is 0 Å². The fourth-order valence-corrected chi connectivity index (χ4v) is 2.89. The average molecular weight is 375 g/mol. The molecule has 1 aliphatic carbocycles. The van der Waals surface area contributed by atoms with E-state index in [1.807, 2.05) is 6.07 Å². The molecule has 23 heavy (non-hydrogen) atoms. The van der Waals surface area contributed by atoms with E-state index in [1.165, 1.54) is 18.4 Å². The molecule has 122 valence electrons. The highest BCUT2D eigenvalue weighted by molar-refractivity contribution is 9.10. The first-order valence-corrected chi connectivity index (χ1v) is 8.80. The van der Waals surface area contributed by atoms with E-state index in [0.717, 1.165) is 21.7 Å². The van der Waals surface area contributed by atoms with Crippen molar-refractivity contribution in [1.29, 1.82) is 0 Å². The van der Waals surface area contributed by atoms with Gasteiger partial charge in [0.1, 0.15) is 5.82 Å². The number of benzene rings is 1. The summed E-state index contributed by atoms with van der Waals surface area (Å²) in [7, 11) is 0. The molecule has 5 heteroatoms. The number of hydrogen-bond acceptors (Lipinski definition) is 4. The predicted octanol–water partition coefficient (Wildman–Crippen LogP) is 5.38. The quantitative estimate of drug-likeness (QED) is 0.753. The van der Waals surface area contributed by atoms with Gasteiger partial charge in [0.05, 0.1) is 5.69 Å². The molecule has 2 aromatic rings. The number of aromatic nitrogens is 2. The first kappa shape index (κ1) is 16.2. The van der Waals surface area contributed by atoms with Crippen LogP contribution < -0.4 is 10.6 Å². The van der Waals surface area contributed by atoms with Gasteiger partial charge in [-0.05, 0) is 64.3 Å². The number of nitrogens with zero attached hydrogens (tertiary/aromatic N) is 2. The largest absolute Gasteiger partial charge is 0.350 e. The molecule has 0 amide bonds. The second-order valence-electron chi connectivity index (χ2n) is 7.24. The Morgan fingerprint density at radius 1 is 1.13 bits per heavy atom. The zero-order chi connectivity index (χ0) is 16.6. The van der Waals surface area contributed by atoms with E-state index in [0.29, 0.717) is 11.9 Å². The molecule has 1 aliphatic rings. The van der Waals surface area contributed by atoms with Crippen LogP contribution in [0, 0.1) is 6.92 Å². The summed E-state index contributed by atoms with van der Waals surface area (Å²) >= 11 is 3.50. The molecule has 4 nitrogen and oxygen atoms in total. The molecular formula is C18H23BrN4. The maximum atomic E-state index is 4.69. The third-order valence-electron chi connectivity index (χ3n) is 3.68. The van der Waals surface area contributed by atoms with Crippen molar-refractivity contribution in [1.82, 2.24) is 9.97 Å². The molecule has 0 aliphatic heterocycles. The van der Waals surface area contributed by atoms with E-state index < -0.39 is 0 Å². The highest BCUT2D eigenvalue weighted by atomic mass is 79.9. The van der Waals surface area contributed by atoms with Crippen molar-refractivity contribution in [2.45, 2.75) is 52.0 Å². The Balaban J connectivity index is 1.91. The third-order valence-corrected chi connectivity index (χ3v) is 4.17. The van der Waals surface area contributed by atoms with Crippen LogP contribution in [0.2, 0.25) is 0 Å². The van der Waals surface area contributed by atoms with E-state index in [4.69, 9.17) is 0 Å². The van der Waals surface area contributed by atoms with Crippen LogP contribution in [0.15, 0.2) is 28.7 Å². The zero-order valence-corrected chi connectivity index (χ0v) is 15.7. The molecule has 1 aromatic heterocycles. The van der Waals surface area contributed by atoms with E-state index in [1.54, 1.807) is 0 Å². The lowest BCUT2D eigenvalue weighted by Crippen LogP contribution is -2.27. The molecule has 1 aromatic carbocycles. The van der Waals surface area contributed by atoms with Crippen LogP contribution in [0.1, 0.15) is 50.8 Å². The van der Waals surface area contributed by atoms with Crippen molar-refractivity contribution < 1.29 is 0 Å². The van der Waals surface area contributed by atoms with Gasteiger partial charge in [0.2, 0.25) is 5.95 Å². The van der Waals surface area contributed by atoms with Crippen LogP contribution in [0.5, 0.6) is 0 Å². The highest BCUT2D eigenvalue weighted by Crippen LogP contribution is 2.40. The molecule has 1 heterocycles. The number of nitrogens with one attached hydrogen (secondary N) is 2. The third kappa shape index (κ3) is 4.44. The normalized spacial score (nSPS) is 14.7. The smallest absolute Gasteiger partial charge is 0.225 e. The monoisotopic (exact) mass is 374 g/mol. The molecule has 0 radical (unpaired) electrons. The summed E-state index contributed by atoms with van der Waals surface area (Å²) in [6.07, 6.45) is 2.45. The van der Waals surface area contributed by atoms with Crippen molar-refractivity contribution in [3.8, 4) is 0 Å². The summed E-state index contributed by atoms with van der Waals surface area (Å²) in [5.74, 6) is 2.13. The van der Waals surface area contributed by atoms with Gasteiger partial charge in [0.25, 0.3) is 0 Å². The van der Waals surface area contributed by atoms with E-state index in [2.05, 4.69) is 82.4 Å². The Labute approximate surface area is 146 Å². The molecule has 0 saturated heterocycles. The SMILES string of the molecule is Cc1cc(Br)ccc1Nc1cc(C2CC2)nc(NC(C)(C)C)n1. The van der Waals surface area contributed by atoms with Gasteiger partial charge in [-0.1, -0.05) is 15.9 Å². The average Bonchev–Trinajstić information content (AvgIpc) is 3.24. The van der Waals surface area contributed by atoms with Crippen molar-refractivity contribution in [2.24, 2.45) is 0 Å². The molecule has 0 unspecified atom stereocenters. The number of anilines is 3. The van der Waals surface area contributed by atoms with Crippen LogP contribution in [-0.4, -0.2) is 15.5 Å². The number of hydrogen-bond donors (Lipinski definition) is 2. The van der Waals surface area contributed by atoms with E-state index in [-0.39, 0.29) is 5.54 Å². The minimum Gasteiger partial charge on any atom is -0.350 e. The number of halogens is 1. The minimum absolute atomic E-state index is 0.0625.